The average Bonchev–Trinajstić information content (AvgIpc) is 2.77. The van der Waals surface area contributed by atoms with Crippen LogP contribution in [0.4, 0.5) is 10.7 Å². The maximum atomic E-state index is 10.5. The highest BCUT2D eigenvalue weighted by Gasteiger charge is 2.08. The van der Waals surface area contributed by atoms with Crippen molar-refractivity contribution in [2.75, 3.05) is 0 Å². The van der Waals surface area contributed by atoms with E-state index in [1.54, 1.807) is 24.3 Å². The summed E-state index contributed by atoms with van der Waals surface area (Å²) in [6.45, 7) is 0. The summed E-state index contributed by atoms with van der Waals surface area (Å²) >= 11 is 1.04. The SMILES string of the molecule is O=[N+]([O-])c1ccc(C=Nc2ccccc2O)s1. The summed E-state index contributed by atoms with van der Waals surface area (Å²) in [5, 5.41) is 20.0. The minimum absolute atomic E-state index is 0.0729. The van der Waals surface area contributed by atoms with Gasteiger partial charge in [0.1, 0.15) is 11.4 Å². The third-order valence-corrected chi connectivity index (χ3v) is 2.98. The molecule has 0 fully saturated rings. The van der Waals surface area contributed by atoms with Crippen LogP contribution in [0.3, 0.4) is 0 Å². The van der Waals surface area contributed by atoms with Gasteiger partial charge < -0.3 is 5.11 Å². The molecule has 0 amide bonds. The van der Waals surface area contributed by atoms with Crippen LogP contribution in [0.5, 0.6) is 5.75 Å². The molecule has 0 bridgehead atoms. The van der Waals surface area contributed by atoms with Crippen LogP contribution in [-0.4, -0.2) is 16.2 Å². The largest absolute Gasteiger partial charge is 0.506 e. The number of phenolic OH excluding ortho intramolecular Hbond substituents is 1. The van der Waals surface area contributed by atoms with Crippen LogP contribution in [-0.2, 0) is 0 Å². The third kappa shape index (κ3) is 2.67. The molecule has 0 saturated carbocycles. The maximum absolute atomic E-state index is 10.5. The van der Waals surface area contributed by atoms with Gasteiger partial charge in [-0.2, -0.15) is 0 Å². The molecular formula is C11H8N2O3S. The number of hydrogen-bond donors (Lipinski definition) is 1. The quantitative estimate of drug-likeness (QED) is 0.515. The van der Waals surface area contributed by atoms with Crippen molar-refractivity contribution in [2.24, 2.45) is 4.99 Å². The van der Waals surface area contributed by atoms with Crippen LogP contribution in [0.15, 0.2) is 41.4 Å². The van der Waals surface area contributed by atoms with E-state index in [4.69, 9.17) is 0 Å². The zero-order valence-electron chi connectivity index (χ0n) is 8.61. The number of phenols is 1. The van der Waals surface area contributed by atoms with Crippen molar-refractivity contribution < 1.29 is 10.0 Å². The lowest BCUT2D eigenvalue weighted by atomic mass is 10.3. The smallest absolute Gasteiger partial charge is 0.324 e. The lowest BCUT2D eigenvalue weighted by molar-refractivity contribution is -0.380. The van der Waals surface area contributed by atoms with E-state index in [1.165, 1.54) is 18.3 Å². The number of nitrogens with zero attached hydrogens (tertiary/aromatic N) is 2. The van der Waals surface area contributed by atoms with Crippen LogP contribution >= 0.6 is 11.3 Å². The topological polar surface area (TPSA) is 75.7 Å². The molecule has 1 aromatic carbocycles. The molecule has 0 aliphatic carbocycles. The molecular weight excluding hydrogens is 240 g/mol. The van der Waals surface area contributed by atoms with Crippen molar-refractivity contribution in [1.82, 2.24) is 0 Å². The lowest BCUT2D eigenvalue weighted by Gasteiger charge is -1.95. The highest BCUT2D eigenvalue weighted by atomic mass is 32.1. The summed E-state index contributed by atoms with van der Waals surface area (Å²) in [5.74, 6) is 0.0785. The van der Waals surface area contributed by atoms with Gasteiger partial charge in [0.05, 0.1) is 9.80 Å². The van der Waals surface area contributed by atoms with E-state index >= 15 is 0 Å². The standard InChI is InChI=1S/C11H8N2O3S/c14-10-4-2-1-3-9(10)12-7-8-5-6-11(17-8)13(15)16/h1-7,14H. The molecule has 0 aliphatic rings. The number of aromatic hydroxyl groups is 1. The van der Waals surface area contributed by atoms with Crippen molar-refractivity contribution >= 4 is 28.2 Å². The predicted octanol–water partition coefficient (Wildman–Crippen LogP) is 3.11. The van der Waals surface area contributed by atoms with E-state index in [0.717, 1.165) is 11.3 Å². The molecule has 1 aromatic heterocycles. The fourth-order valence-electron chi connectivity index (χ4n) is 1.22. The Morgan fingerprint density at radius 1 is 1.29 bits per heavy atom. The van der Waals surface area contributed by atoms with Gasteiger partial charge in [0, 0.05) is 12.3 Å². The van der Waals surface area contributed by atoms with Gasteiger partial charge in [-0.3, -0.25) is 15.1 Å². The Kier molecular flexibility index (Phi) is 3.15. The molecule has 86 valence electrons. The minimum atomic E-state index is -0.442. The summed E-state index contributed by atoms with van der Waals surface area (Å²) in [6, 6.07) is 9.69. The fraction of sp³-hybridized carbons (Fsp3) is 0. The summed E-state index contributed by atoms with van der Waals surface area (Å²) in [4.78, 5) is 14.8. The Bertz CT molecular complexity index is 578. The van der Waals surface area contributed by atoms with Gasteiger partial charge in [-0.15, -0.1) is 0 Å². The second-order valence-electron chi connectivity index (χ2n) is 3.18. The Morgan fingerprint density at radius 2 is 2.06 bits per heavy atom. The zero-order valence-corrected chi connectivity index (χ0v) is 9.42. The Balaban J connectivity index is 2.20. The van der Waals surface area contributed by atoms with E-state index < -0.39 is 4.92 Å². The predicted molar refractivity (Wildman–Crippen MR) is 66.3 cm³/mol. The third-order valence-electron chi connectivity index (χ3n) is 2.01. The normalized spacial score (nSPS) is 10.8. The molecule has 0 unspecified atom stereocenters. The number of benzene rings is 1. The van der Waals surface area contributed by atoms with Gasteiger partial charge in [0.2, 0.25) is 0 Å². The zero-order chi connectivity index (χ0) is 12.3. The Morgan fingerprint density at radius 3 is 2.71 bits per heavy atom. The van der Waals surface area contributed by atoms with Crippen molar-refractivity contribution in [2.45, 2.75) is 0 Å². The molecule has 6 heteroatoms. The number of para-hydroxylation sites is 2. The second-order valence-corrected chi connectivity index (χ2v) is 4.27. The van der Waals surface area contributed by atoms with Crippen LogP contribution in [0, 0.1) is 10.1 Å². The summed E-state index contributed by atoms with van der Waals surface area (Å²) < 4.78 is 0. The summed E-state index contributed by atoms with van der Waals surface area (Å²) in [6.07, 6.45) is 1.49. The van der Waals surface area contributed by atoms with Gasteiger partial charge in [-0.05, 0) is 18.2 Å². The fourth-order valence-corrected chi connectivity index (χ4v) is 1.91. The molecule has 1 N–H and O–H groups in total. The van der Waals surface area contributed by atoms with E-state index in [9.17, 15) is 15.2 Å². The van der Waals surface area contributed by atoms with Gasteiger partial charge in [-0.1, -0.05) is 23.5 Å². The van der Waals surface area contributed by atoms with Gasteiger partial charge in [0.15, 0.2) is 0 Å². The number of hydrogen-bond acceptors (Lipinski definition) is 5. The first kappa shape index (κ1) is 11.3. The lowest BCUT2D eigenvalue weighted by Crippen LogP contribution is -1.80. The molecule has 5 nitrogen and oxygen atoms in total. The van der Waals surface area contributed by atoms with Crippen molar-refractivity contribution in [3.63, 3.8) is 0 Å². The van der Waals surface area contributed by atoms with Gasteiger partial charge in [-0.25, -0.2) is 0 Å². The maximum Gasteiger partial charge on any atom is 0.324 e. The summed E-state index contributed by atoms with van der Waals surface area (Å²) in [5.41, 5.74) is 0.434. The number of rotatable bonds is 3. The van der Waals surface area contributed by atoms with Crippen LogP contribution in [0.1, 0.15) is 4.88 Å². The van der Waals surface area contributed by atoms with Crippen molar-refractivity contribution in [3.05, 3.63) is 51.4 Å². The van der Waals surface area contributed by atoms with E-state index in [1.807, 2.05) is 0 Å². The van der Waals surface area contributed by atoms with Crippen molar-refractivity contribution in [3.8, 4) is 5.75 Å². The second kappa shape index (κ2) is 4.75. The number of thiophene rings is 1. The molecule has 2 rings (SSSR count). The molecule has 0 atom stereocenters. The minimum Gasteiger partial charge on any atom is -0.506 e. The Hall–Kier alpha value is -2.21. The van der Waals surface area contributed by atoms with Crippen LogP contribution in [0.2, 0.25) is 0 Å². The first-order valence-electron chi connectivity index (χ1n) is 4.73. The average molecular weight is 248 g/mol. The molecule has 0 spiro atoms. The number of aliphatic imine (C=N–C) groups is 1. The first-order chi connectivity index (χ1) is 8.16. The molecule has 17 heavy (non-hydrogen) atoms. The van der Waals surface area contributed by atoms with Gasteiger partial charge >= 0.3 is 5.00 Å². The molecule has 0 saturated heterocycles. The van der Waals surface area contributed by atoms with E-state index in [-0.39, 0.29) is 10.8 Å². The van der Waals surface area contributed by atoms with E-state index in [0.29, 0.717) is 10.6 Å². The molecule has 2 aromatic rings. The number of nitro groups is 1. The molecule has 1 heterocycles. The monoisotopic (exact) mass is 248 g/mol. The Labute approximate surface area is 101 Å². The van der Waals surface area contributed by atoms with E-state index in [2.05, 4.69) is 4.99 Å². The first-order valence-corrected chi connectivity index (χ1v) is 5.55. The van der Waals surface area contributed by atoms with Gasteiger partial charge in [0.25, 0.3) is 0 Å². The van der Waals surface area contributed by atoms with Crippen molar-refractivity contribution in [1.29, 1.82) is 0 Å². The molecule has 0 radical (unpaired) electrons. The summed E-state index contributed by atoms with van der Waals surface area (Å²) in [7, 11) is 0. The highest BCUT2D eigenvalue weighted by Crippen LogP contribution is 2.26. The van der Waals surface area contributed by atoms with Crippen LogP contribution < -0.4 is 0 Å². The molecule has 0 aliphatic heterocycles. The highest BCUT2D eigenvalue weighted by molar-refractivity contribution is 7.16. The van der Waals surface area contributed by atoms with Crippen LogP contribution in [0.25, 0.3) is 0 Å².